The van der Waals surface area contributed by atoms with Crippen LogP contribution in [0.4, 0.5) is 5.69 Å². The third-order valence-electron chi connectivity index (χ3n) is 3.50. The summed E-state index contributed by atoms with van der Waals surface area (Å²) in [6, 6.07) is 14.8. The van der Waals surface area contributed by atoms with Crippen LogP contribution < -0.4 is 10.1 Å². The number of benzene rings is 2. The fourth-order valence-corrected chi connectivity index (χ4v) is 2.35. The molecule has 2 aromatic carbocycles. The molecule has 0 fully saturated rings. The van der Waals surface area contributed by atoms with E-state index in [1.807, 2.05) is 0 Å². The summed E-state index contributed by atoms with van der Waals surface area (Å²) in [4.78, 5) is 0. The largest absolute Gasteiger partial charge is 0.491 e. The van der Waals surface area contributed by atoms with E-state index in [0.717, 1.165) is 18.0 Å². The summed E-state index contributed by atoms with van der Waals surface area (Å²) in [5.74, 6) is 1.49. The van der Waals surface area contributed by atoms with Crippen molar-refractivity contribution in [1.82, 2.24) is 0 Å². The highest BCUT2D eigenvalue weighted by atomic mass is 16.5. The molecule has 0 atom stereocenters. The zero-order valence-electron chi connectivity index (χ0n) is 13.4. The van der Waals surface area contributed by atoms with Gasteiger partial charge < -0.3 is 10.1 Å². The van der Waals surface area contributed by atoms with E-state index in [1.54, 1.807) is 0 Å². The van der Waals surface area contributed by atoms with Gasteiger partial charge in [0.1, 0.15) is 12.4 Å². The van der Waals surface area contributed by atoms with Crippen molar-refractivity contribution in [3.63, 3.8) is 0 Å². The van der Waals surface area contributed by atoms with Crippen LogP contribution in [0.25, 0.3) is 0 Å². The molecule has 2 heteroatoms. The SMILES string of the molecule is Cc1cccc(NCCOc2cc(C)ccc2C(C)C)c1. The minimum Gasteiger partial charge on any atom is -0.491 e. The van der Waals surface area contributed by atoms with Gasteiger partial charge in [0.25, 0.3) is 0 Å². The standard InChI is InChI=1S/C19H25NO/c1-14(2)18-9-8-16(4)13-19(18)21-11-10-20-17-7-5-6-15(3)12-17/h5-9,12-14,20H,10-11H2,1-4H3. The lowest BCUT2D eigenvalue weighted by Crippen LogP contribution is -2.12. The van der Waals surface area contributed by atoms with Crippen molar-refractivity contribution in [3.05, 3.63) is 59.2 Å². The summed E-state index contributed by atoms with van der Waals surface area (Å²) in [6.45, 7) is 10.1. The lowest BCUT2D eigenvalue weighted by Gasteiger charge is -2.15. The molecule has 0 unspecified atom stereocenters. The molecule has 2 aromatic rings. The molecule has 1 N–H and O–H groups in total. The molecule has 0 saturated heterocycles. The minimum absolute atomic E-state index is 0.477. The summed E-state index contributed by atoms with van der Waals surface area (Å²) in [6.07, 6.45) is 0. The summed E-state index contributed by atoms with van der Waals surface area (Å²) in [5, 5.41) is 3.39. The molecule has 0 aromatic heterocycles. The first-order valence-corrected chi connectivity index (χ1v) is 7.60. The van der Waals surface area contributed by atoms with Crippen LogP contribution in [0.2, 0.25) is 0 Å². The van der Waals surface area contributed by atoms with Crippen LogP contribution in [0.5, 0.6) is 5.75 Å². The molecule has 0 aliphatic carbocycles. The first-order valence-electron chi connectivity index (χ1n) is 7.60. The van der Waals surface area contributed by atoms with Crippen molar-refractivity contribution in [2.75, 3.05) is 18.5 Å². The molecule has 0 amide bonds. The first kappa shape index (κ1) is 15.4. The number of rotatable bonds is 6. The Morgan fingerprint density at radius 1 is 1.00 bits per heavy atom. The van der Waals surface area contributed by atoms with Gasteiger partial charge in [0.2, 0.25) is 0 Å². The highest BCUT2D eigenvalue weighted by Gasteiger charge is 2.07. The maximum absolute atomic E-state index is 5.97. The van der Waals surface area contributed by atoms with E-state index in [1.165, 1.54) is 16.7 Å². The third-order valence-corrected chi connectivity index (χ3v) is 3.50. The van der Waals surface area contributed by atoms with Gasteiger partial charge in [-0.3, -0.25) is 0 Å². The highest BCUT2D eigenvalue weighted by Crippen LogP contribution is 2.27. The van der Waals surface area contributed by atoms with Crippen molar-refractivity contribution in [2.45, 2.75) is 33.6 Å². The molecule has 21 heavy (non-hydrogen) atoms. The molecule has 2 rings (SSSR count). The predicted molar refractivity (Wildman–Crippen MR) is 90.4 cm³/mol. The van der Waals surface area contributed by atoms with E-state index in [9.17, 15) is 0 Å². The molecule has 0 radical (unpaired) electrons. The topological polar surface area (TPSA) is 21.3 Å². The van der Waals surface area contributed by atoms with Crippen LogP contribution in [-0.4, -0.2) is 13.2 Å². The number of nitrogens with one attached hydrogen (secondary N) is 1. The van der Waals surface area contributed by atoms with E-state index in [0.29, 0.717) is 12.5 Å². The van der Waals surface area contributed by atoms with Gasteiger partial charge in [-0.15, -0.1) is 0 Å². The van der Waals surface area contributed by atoms with Gasteiger partial charge in [-0.1, -0.05) is 38.1 Å². The van der Waals surface area contributed by atoms with Crippen LogP contribution >= 0.6 is 0 Å². The number of anilines is 1. The Morgan fingerprint density at radius 2 is 1.76 bits per heavy atom. The fourth-order valence-electron chi connectivity index (χ4n) is 2.35. The maximum atomic E-state index is 5.97. The third kappa shape index (κ3) is 4.52. The number of aryl methyl sites for hydroxylation is 2. The Bertz CT molecular complexity index is 590. The van der Waals surface area contributed by atoms with E-state index in [2.05, 4.69) is 75.5 Å². The molecule has 0 spiro atoms. The second-order valence-electron chi connectivity index (χ2n) is 5.84. The molecule has 0 bridgehead atoms. The summed E-state index contributed by atoms with van der Waals surface area (Å²) < 4.78 is 5.97. The minimum atomic E-state index is 0.477. The van der Waals surface area contributed by atoms with Crippen molar-refractivity contribution in [1.29, 1.82) is 0 Å². The van der Waals surface area contributed by atoms with Crippen LogP contribution in [0.1, 0.15) is 36.5 Å². The van der Waals surface area contributed by atoms with Crippen molar-refractivity contribution in [2.24, 2.45) is 0 Å². The van der Waals surface area contributed by atoms with E-state index >= 15 is 0 Å². The summed E-state index contributed by atoms with van der Waals surface area (Å²) in [5.41, 5.74) is 4.92. The zero-order chi connectivity index (χ0) is 15.2. The molecule has 0 aliphatic heterocycles. The highest BCUT2D eigenvalue weighted by molar-refractivity contribution is 5.45. The Labute approximate surface area is 128 Å². The van der Waals surface area contributed by atoms with E-state index in [4.69, 9.17) is 4.74 Å². The quantitative estimate of drug-likeness (QED) is 0.760. The van der Waals surface area contributed by atoms with Gasteiger partial charge in [0.05, 0.1) is 0 Å². The van der Waals surface area contributed by atoms with Crippen LogP contribution in [0, 0.1) is 13.8 Å². The van der Waals surface area contributed by atoms with Crippen molar-refractivity contribution in [3.8, 4) is 5.75 Å². The van der Waals surface area contributed by atoms with Crippen LogP contribution in [0.15, 0.2) is 42.5 Å². The van der Waals surface area contributed by atoms with Crippen LogP contribution in [0.3, 0.4) is 0 Å². The molecule has 0 saturated carbocycles. The second kappa shape index (κ2) is 7.16. The zero-order valence-corrected chi connectivity index (χ0v) is 13.4. The average Bonchev–Trinajstić information content (AvgIpc) is 2.43. The Hall–Kier alpha value is -1.96. The van der Waals surface area contributed by atoms with Gasteiger partial charge >= 0.3 is 0 Å². The molecule has 0 aliphatic rings. The average molecular weight is 283 g/mol. The fraction of sp³-hybridized carbons (Fsp3) is 0.368. The van der Waals surface area contributed by atoms with Crippen molar-refractivity contribution >= 4 is 5.69 Å². The van der Waals surface area contributed by atoms with Gasteiger partial charge in [0, 0.05) is 12.2 Å². The molecular formula is C19H25NO. The normalized spacial score (nSPS) is 10.7. The smallest absolute Gasteiger partial charge is 0.123 e. The predicted octanol–water partition coefficient (Wildman–Crippen LogP) is 4.92. The summed E-state index contributed by atoms with van der Waals surface area (Å²) in [7, 11) is 0. The molecule has 2 nitrogen and oxygen atoms in total. The second-order valence-corrected chi connectivity index (χ2v) is 5.84. The first-order chi connectivity index (χ1) is 10.1. The number of hydrogen-bond acceptors (Lipinski definition) is 2. The summed E-state index contributed by atoms with van der Waals surface area (Å²) >= 11 is 0. The number of ether oxygens (including phenoxy) is 1. The van der Waals surface area contributed by atoms with Crippen molar-refractivity contribution < 1.29 is 4.74 Å². The maximum Gasteiger partial charge on any atom is 0.123 e. The van der Waals surface area contributed by atoms with Gasteiger partial charge in [0.15, 0.2) is 0 Å². The molecule has 0 heterocycles. The lowest BCUT2D eigenvalue weighted by molar-refractivity contribution is 0.328. The van der Waals surface area contributed by atoms with Gasteiger partial charge in [-0.25, -0.2) is 0 Å². The Kier molecular flexibility index (Phi) is 5.26. The van der Waals surface area contributed by atoms with Gasteiger partial charge in [-0.2, -0.15) is 0 Å². The molecule has 112 valence electrons. The van der Waals surface area contributed by atoms with Crippen LogP contribution in [-0.2, 0) is 0 Å². The van der Waals surface area contributed by atoms with E-state index < -0.39 is 0 Å². The monoisotopic (exact) mass is 283 g/mol. The Morgan fingerprint density at radius 3 is 2.48 bits per heavy atom. The van der Waals surface area contributed by atoms with E-state index in [-0.39, 0.29) is 0 Å². The molecular weight excluding hydrogens is 258 g/mol. The lowest BCUT2D eigenvalue weighted by atomic mass is 10.0. The Balaban J connectivity index is 1.90. The van der Waals surface area contributed by atoms with Gasteiger partial charge in [-0.05, 0) is 54.7 Å². The number of hydrogen-bond donors (Lipinski definition) is 1.